The number of amides is 6. The SMILES string of the molecule is CCOC(=O)Cc1cc(CCCNC(=O)Cc2cc(CCCNC(=O)OC(C)(C)C)c(-c3ccc(-c4ccc5ccc6cccc7ccc4c5c67)cc3)c(CCCNC(=O)OC(C)(C)C)c2)c(-c2ccc(-c3ccc4ccc5cccc6ccc3c4c56)cc2)c(CCCNC(=O)Cc2cc(CCCNC(=O)OC(C)(C)C)c(-c3ccc(-c4ccc5ccc6cccc7ccc4c5c67)cc3)c(CCCNC(=O)OC(C)(C)C)c2)c1. The molecule has 18 aromatic rings. The third-order valence-corrected chi connectivity index (χ3v) is 27.6. The molecule has 18 nitrogen and oxygen atoms in total. The summed E-state index contributed by atoms with van der Waals surface area (Å²) in [6.07, 6.45) is 4.82. The molecule has 0 aliphatic carbocycles. The van der Waals surface area contributed by atoms with Crippen LogP contribution in [0.4, 0.5) is 19.2 Å². The van der Waals surface area contributed by atoms with E-state index in [1.165, 1.54) is 97.0 Å². The van der Waals surface area contributed by atoms with Gasteiger partial charge in [0.1, 0.15) is 22.4 Å². The van der Waals surface area contributed by atoms with Crippen molar-refractivity contribution in [1.29, 1.82) is 0 Å². The van der Waals surface area contributed by atoms with Gasteiger partial charge in [-0.2, -0.15) is 0 Å². The number of esters is 1. The molecule has 18 aromatic carbocycles. The van der Waals surface area contributed by atoms with Gasteiger partial charge < -0.3 is 55.6 Å². The number of rotatable bonds is 37. The number of alkyl carbamates (subject to hydrolysis) is 4. The number of nitrogens with one attached hydrogen (secondary N) is 6. The molecule has 0 saturated heterocycles. The van der Waals surface area contributed by atoms with Crippen LogP contribution in [0, 0.1) is 0 Å². The van der Waals surface area contributed by atoms with Crippen molar-refractivity contribution in [3.05, 3.63) is 323 Å². The maximum Gasteiger partial charge on any atom is 0.407 e. The molecule has 6 amide bonds. The minimum atomic E-state index is -0.685. The number of benzene rings is 18. The first-order valence-corrected chi connectivity index (χ1v) is 52.5. The predicted molar refractivity (Wildman–Crippen MR) is 604 cm³/mol. The van der Waals surface area contributed by atoms with Crippen LogP contribution in [0.1, 0.15) is 179 Å². The highest BCUT2D eigenvalue weighted by Gasteiger charge is 2.27. The van der Waals surface area contributed by atoms with E-state index in [9.17, 15) is 33.6 Å². The van der Waals surface area contributed by atoms with Crippen molar-refractivity contribution in [2.24, 2.45) is 0 Å². The van der Waals surface area contributed by atoms with Crippen LogP contribution in [0.2, 0.25) is 0 Å². The number of hydrogen-bond donors (Lipinski definition) is 6. The average molecular weight is 1970 g/mol. The highest BCUT2D eigenvalue weighted by atomic mass is 16.6. The third kappa shape index (κ3) is 24.6. The fourth-order valence-corrected chi connectivity index (χ4v) is 21.6. The Hall–Kier alpha value is -15.4. The van der Waals surface area contributed by atoms with Gasteiger partial charge in [0, 0.05) is 39.3 Å². The second-order valence-electron chi connectivity index (χ2n) is 43.4. The second-order valence-corrected chi connectivity index (χ2v) is 43.4. The van der Waals surface area contributed by atoms with Gasteiger partial charge in [0.2, 0.25) is 11.8 Å². The maximum atomic E-state index is 14.9. The summed E-state index contributed by atoms with van der Waals surface area (Å²) >= 11 is 0. The van der Waals surface area contributed by atoms with Crippen molar-refractivity contribution in [2.45, 2.75) is 209 Å². The fraction of sp³-hybridized carbons (Fsp3) is 0.300. The molecule has 0 aromatic heterocycles. The molecule has 0 aliphatic heterocycles. The minimum Gasteiger partial charge on any atom is -0.466 e. The van der Waals surface area contributed by atoms with Crippen LogP contribution in [0.25, 0.3) is 164 Å². The quantitative estimate of drug-likeness (QED) is 0.00923. The summed E-state index contributed by atoms with van der Waals surface area (Å²) in [5.41, 5.74) is 18.4. The van der Waals surface area contributed by atoms with Crippen molar-refractivity contribution >= 4 is 139 Å². The maximum absolute atomic E-state index is 14.9. The fourth-order valence-electron chi connectivity index (χ4n) is 21.6. The lowest BCUT2D eigenvalue weighted by atomic mass is 9.86. The van der Waals surface area contributed by atoms with Crippen LogP contribution in [-0.4, -0.2) is 110 Å². The van der Waals surface area contributed by atoms with Crippen LogP contribution in [0.3, 0.4) is 0 Å². The first-order chi connectivity index (χ1) is 71.1. The van der Waals surface area contributed by atoms with E-state index in [1.54, 1.807) is 0 Å². The van der Waals surface area contributed by atoms with Gasteiger partial charge in [0.05, 0.1) is 25.9 Å². The largest absolute Gasteiger partial charge is 0.466 e. The topological polar surface area (TPSA) is 238 Å². The predicted octanol–water partition coefficient (Wildman–Crippen LogP) is 28.9. The summed E-state index contributed by atoms with van der Waals surface area (Å²) in [5.74, 6) is -0.671. The van der Waals surface area contributed by atoms with E-state index in [4.69, 9.17) is 23.7 Å². The van der Waals surface area contributed by atoms with Crippen molar-refractivity contribution in [3.63, 3.8) is 0 Å². The minimum absolute atomic E-state index is 0.0310. The highest BCUT2D eigenvalue weighted by molar-refractivity contribution is 6.28. The Labute approximate surface area is 867 Å². The van der Waals surface area contributed by atoms with E-state index >= 15 is 0 Å². The Bertz CT molecular complexity index is 7430. The van der Waals surface area contributed by atoms with Crippen LogP contribution in [-0.2, 0) is 95.9 Å². The molecular formula is C130H134N6O12. The Balaban J connectivity index is 0.637. The molecule has 18 heteroatoms. The Morgan fingerprint density at radius 3 is 0.682 bits per heavy atom. The van der Waals surface area contributed by atoms with Gasteiger partial charge in [-0.25, -0.2) is 19.2 Å². The van der Waals surface area contributed by atoms with E-state index < -0.39 is 46.8 Å². The first kappa shape index (κ1) is 103. The lowest BCUT2D eigenvalue weighted by Crippen LogP contribution is -2.33. The number of carbonyl (C=O) groups excluding carboxylic acids is 7. The average Bonchev–Trinajstić information content (AvgIpc) is 0.738. The molecule has 0 unspecified atom stereocenters. The molecule has 0 atom stereocenters. The Morgan fingerprint density at radius 1 is 0.236 bits per heavy atom. The van der Waals surface area contributed by atoms with Crippen LogP contribution in [0.5, 0.6) is 0 Å². The standard InChI is InChI=1S/C130H134N6O12/c1-14-144-113(139)80-83-76-103(30-18-66-131-111(137)78-81-72-99(32-20-68-133-123(140)145-127(2,3)4)114(100(73-81)33-21-69-134-124(141)146-128(5,6)7)93-42-36-84(37-43-93)105-60-54-96-51-48-87-24-15-27-90-57-63-108(105)120(96)117(87)90)116(95-46-40-86(41-47-95)107-62-56-98-53-50-89-26-17-29-92-59-65-110(107)122(98)119(89)92)104(77-83)31-19-67-132-112(138)79-82-74-101(34-22-70-135-125(142)147-129(8,9)10)115(102(75-82)35-23-71-136-126(143)148-130(11,12)13)94-44-38-85(39-45-94)106-61-55-97-52-49-88-25-16-28-91-58-64-109(106)121(97)118(88)91/h15-17,24-29,36-65,72-77H,14,18-23,30-35,66-71,78-80H2,1-13H3,(H,131,137)(H,132,138)(H,133,140)(H,134,141)(H,135,142)(H,136,143). The van der Waals surface area contributed by atoms with E-state index in [2.05, 4.69) is 305 Å². The highest BCUT2D eigenvalue weighted by Crippen LogP contribution is 2.46. The van der Waals surface area contributed by atoms with E-state index in [0.717, 1.165) is 117 Å². The summed E-state index contributed by atoms with van der Waals surface area (Å²) in [7, 11) is 0. The van der Waals surface area contributed by atoms with Gasteiger partial charge in [0.25, 0.3) is 0 Å². The Kier molecular flexibility index (Phi) is 30.8. The normalized spacial score (nSPS) is 12.1. The van der Waals surface area contributed by atoms with Gasteiger partial charge in [0.15, 0.2) is 0 Å². The summed E-state index contributed by atoms with van der Waals surface area (Å²) in [6.45, 7) is 26.2. The van der Waals surface area contributed by atoms with Gasteiger partial charge in [-0.05, 0) is 381 Å². The van der Waals surface area contributed by atoms with Crippen molar-refractivity contribution in [2.75, 3.05) is 45.9 Å². The molecule has 0 bridgehead atoms. The molecule has 0 radical (unpaired) electrons. The molecule has 18 rings (SSSR count). The molecule has 0 fully saturated rings. The number of aryl methyl sites for hydroxylation is 6. The summed E-state index contributed by atoms with van der Waals surface area (Å²) in [4.78, 5) is 96.3. The number of ether oxygens (including phenoxy) is 5. The van der Waals surface area contributed by atoms with Crippen LogP contribution in [0.15, 0.2) is 273 Å². The first-order valence-electron chi connectivity index (χ1n) is 52.5. The zero-order chi connectivity index (χ0) is 104. The molecular weight excluding hydrogens is 1840 g/mol. The summed E-state index contributed by atoms with van der Waals surface area (Å²) in [5, 5.41) is 40.3. The van der Waals surface area contributed by atoms with E-state index in [1.807, 2.05) is 90.0 Å². The summed E-state index contributed by atoms with van der Waals surface area (Å²) in [6, 6.07) is 98.5. The van der Waals surface area contributed by atoms with E-state index in [0.29, 0.717) is 116 Å². The van der Waals surface area contributed by atoms with Gasteiger partial charge in [-0.15, -0.1) is 0 Å². The van der Waals surface area contributed by atoms with Crippen molar-refractivity contribution < 1.29 is 57.2 Å². The molecule has 756 valence electrons. The zero-order valence-electron chi connectivity index (χ0n) is 87.4. The number of hydrogen-bond acceptors (Lipinski definition) is 12. The van der Waals surface area contributed by atoms with Crippen molar-refractivity contribution in [1.82, 2.24) is 31.9 Å². The Morgan fingerprint density at radius 2 is 0.446 bits per heavy atom. The lowest BCUT2D eigenvalue weighted by molar-refractivity contribution is -0.142. The molecule has 0 saturated carbocycles. The number of carbonyl (C=O) groups is 7. The van der Waals surface area contributed by atoms with Gasteiger partial charge >= 0.3 is 30.3 Å². The van der Waals surface area contributed by atoms with Gasteiger partial charge in [-0.3, -0.25) is 14.4 Å². The molecule has 0 spiro atoms. The van der Waals surface area contributed by atoms with Crippen LogP contribution >= 0.6 is 0 Å². The lowest BCUT2D eigenvalue weighted by Gasteiger charge is -2.21. The zero-order valence-corrected chi connectivity index (χ0v) is 87.4. The van der Waals surface area contributed by atoms with Gasteiger partial charge in [-0.1, -0.05) is 273 Å². The second kappa shape index (κ2) is 44.5. The smallest absolute Gasteiger partial charge is 0.407 e. The summed E-state index contributed by atoms with van der Waals surface area (Å²) < 4.78 is 28.4. The third-order valence-electron chi connectivity index (χ3n) is 27.6. The van der Waals surface area contributed by atoms with Crippen molar-refractivity contribution in [3.8, 4) is 66.8 Å². The monoisotopic (exact) mass is 1970 g/mol. The molecule has 6 N–H and O–H groups in total. The molecule has 0 heterocycles. The molecule has 0 aliphatic rings. The van der Waals surface area contributed by atoms with E-state index in [-0.39, 0.29) is 43.7 Å². The molecule has 148 heavy (non-hydrogen) atoms. The van der Waals surface area contributed by atoms with Crippen LogP contribution < -0.4 is 31.9 Å².